The first-order valence-electron chi connectivity index (χ1n) is 4.81. The topological polar surface area (TPSA) is 415 Å². The fraction of sp³-hybridized carbons (Fsp3) is 0. The molecule has 192 valence electrons. The fourth-order valence-corrected chi connectivity index (χ4v) is 0. The van der Waals surface area contributed by atoms with Crippen LogP contribution in [0.3, 0.4) is 0 Å². The smallest absolute Gasteiger partial charge is 0.857 e. The Morgan fingerprint density at radius 1 is 0.194 bits per heavy atom. The third-order valence-electron chi connectivity index (χ3n) is 0. The summed E-state index contributed by atoms with van der Waals surface area (Å²) in [5.74, 6) is 0. The zero-order valence-electron chi connectivity index (χ0n) is 16.1. The summed E-state index contributed by atoms with van der Waals surface area (Å²) in [6.07, 6.45) is 0. The Balaban J connectivity index is -0.0000000186. The van der Waals surface area contributed by atoms with Gasteiger partial charge in [-0.15, -0.1) is 0 Å². The minimum absolute atomic E-state index is 0. The Morgan fingerprint density at radius 2 is 0.194 bits per heavy atom. The van der Waals surface area contributed by atoms with Gasteiger partial charge in [-0.25, -0.2) is 0 Å². The minimum Gasteiger partial charge on any atom is -0.857 e. The molecule has 18 nitrogen and oxygen atoms in total. The summed E-state index contributed by atoms with van der Waals surface area (Å²) >= 11 is 0. The Labute approximate surface area is 267 Å². The molecule has 0 rings (SSSR count). The van der Waals surface area contributed by atoms with Crippen LogP contribution in [0.25, 0.3) is 0 Å². The average Bonchev–Trinajstić information content (AvgIpc) is 1.94. The van der Waals surface area contributed by atoms with Crippen molar-refractivity contribution in [2.24, 2.45) is 0 Å². The molecular formula is Al6F6O18Si6. The predicted molar refractivity (Wildman–Crippen MR) is 75.7 cm³/mol. The summed E-state index contributed by atoms with van der Waals surface area (Å²) in [4.78, 5) is 152. The third kappa shape index (κ3) is 4380. The van der Waals surface area contributed by atoms with Gasteiger partial charge in [0.15, 0.2) is 0 Å². The first-order chi connectivity index (χ1) is 12.0. The SMILES string of the molecule is [Al+3].[Al+3].[Al+3].[Al+3].[Al+3].[Al+3].[O-][Si]([O-])([O-])F.[O-][Si]([O-])([O-])F.[O-][Si]([O-])([O-])F.[O-][Si]([O-])([O-])F.[O-][Si]([O-])([O-])F.[O-][Si]([O-])([O-])F. The maximum Gasteiger partial charge on any atom is 3.00 e. The van der Waals surface area contributed by atoms with Gasteiger partial charge in [-0.3, -0.25) is 0 Å². The Hall–Kier alpha value is 3.36. The molecule has 0 saturated heterocycles. The molecule has 0 atom stereocenters. The van der Waals surface area contributed by atoms with Gasteiger partial charge >= 0.3 is 104 Å². The van der Waals surface area contributed by atoms with E-state index >= 15 is 0 Å². The quantitative estimate of drug-likeness (QED) is 0.127. The number of halogens is 6. The van der Waals surface area contributed by atoms with Crippen LogP contribution in [0.4, 0.5) is 24.6 Å². The van der Waals surface area contributed by atoms with Gasteiger partial charge in [0.2, 0.25) is 0 Å². The van der Waals surface area contributed by atoms with Crippen molar-refractivity contribution in [2.75, 3.05) is 0 Å². The molecule has 0 N–H and O–H groups in total. The molecule has 0 fully saturated rings. The normalized spacial score (nSPS) is 10.0. The molecule has 0 aromatic rings. The van der Waals surface area contributed by atoms with Crippen molar-refractivity contribution < 1.29 is 111 Å². The second kappa shape index (κ2) is 34.6. The molecule has 0 heterocycles. The maximum absolute atomic E-state index is 10.2. The van der Waals surface area contributed by atoms with Crippen LogP contribution >= 0.6 is 0 Å². The van der Waals surface area contributed by atoms with E-state index in [1.54, 1.807) is 0 Å². The van der Waals surface area contributed by atoms with Gasteiger partial charge in [-0.05, 0) is 0 Å². The van der Waals surface area contributed by atoms with E-state index in [1.807, 2.05) is 0 Å². The van der Waals surface area contributed by atoms with Gasteiger partial charge in [0, 0.05) is 0 Å². The van der Waals surface area contributed by atoms with Crippen LogP contribution in [0, 0.1) is 0 Å². The van der Waals surface area contributed by atoms with Gasteiger partial charge in [-0.2, -0.15) is 0 Å². The summed E-state index contributed by atoms with van der Waals surface area (Å²) < 4.78 is 61.0. The number of hydrogen-bond acceptors (Lipinski definition) is 18. The first kappa shape index (κ1) is 77.4. The van der Waals surface area contributed by atoms with Crippen LogP contribution in [0.5, 0.6) is 0 Å². The molecule has 0 aliphatic carbocycles. The molecule has 0 saturated carbocycles. The second-order valence-electron chi connectivity index (χ2n) is 2.89. The van der Waals surface area contributed by atoms with E-state index in [-0.39, 0.29) is 104 Å². The van der Waals surface area contributed by atoms with Gasteiger partial charge in [0.05, 0.1) is 0 Å². The van der Waals surface area contributed by atoms with Crippen molar-refractivity contribution in [3.63, 3.8) is 0 Å². The van der Waals surface area contributed by atoms with Crippen molar-refractivity contribution in [3.05, 3.63) is 0 Å². The summed E-state index contributed by atoms with van der Waals surface area (Å²) in [5.41, 5.74) is 0. The minimum atomic E-state index is -5.86. The average molecular weight is 732 g/mol. The molecule has 0 unspecified atom stereocenters. The van der Waals surface area contributed by atoms with Crippen LogP contribution in [0.1, 0.15) is 0 Å². The van der Waals surface area contributed by atoms with Gasteiger partial charge in [-0.1, -0.05) is 54.8 Å². The maximum atomic E-state index is 10.2. The van der Waals surface area contributed by atoms with Crippen molar-refractivity contribution in [2.45, 2.75) is 0 Å². The van der Waals surface area contributed by atoms with Crippen molar-refractivity contribution in [1.29, 1.82) is 0 Å². The summed E-state index contributed by atoms with van der Waals surface area (Å²) in [6.45, 7) is 0. The molecule has 0 aliphatic heterocycles. The van der Waals surface area contributed by atoms with E-state index in [4.69, 9.17) is 86.3 Å². The van der Waals surface area contributed by atoms with E-state index in [0.29, 0.717) is 0 Å². The predicted octanol–water partition coefficient (Wildman–Crippen LogP) is -23.5. The molecule has 0 aliphatic rings. The van der Waals surface area contributed by atoms with Gasteiger partial charge in [0.25, 0.3) is 0 Å². The number of rotatable bonds is 0. The zero-order valence-corrected chi connectivity index (χ0v) is 29.0. The molecule has 0 radical (unpaired) electrons. The van der Waals surface area contributed by atoms with Crippen molar-refractivity contribution in [3.8, 4) is 0 Å². The molecule has 0 amide bonds. The van der Waals surface area contributed by atoms with Gasteiger partial charge < -0.3 is 111 Å². The van der Waals surface area contributed by atoms with Gasteiger partial charge in [0.1, 0.15) is 0 Å². The van der Waals surface area contributed by atoms with E-state index < -0.39 is 54.8 Å². The largest absolute Gasteiger partial charge is 3.00 e. The number of hydrogen-bond donors (Lipinski definition) is 0. The molecule has 0 aromatic heterocycles. The van der Waals surface area contributed by atoms with Crippen molar-refractivity contribution in [1.82, 2.24) is 0 Å². The first-order valence-corrected chi connectivity index (χ1v) is 14.4. The molecule has 0 spiro atoms. The van der Waals surface area contributed by atoms with E-state index in [2.05, 4.69) is 0 Å². The molecular weight excluding hydrogens is 732 g/mol. The van der Waals surface area contributed by atoms with Crippen LogP contribution in [-0.2, 0) is 0 Å². The van der Waals surface area contributed by atoms with Crippen LogP contribution in [0.2, 0.25) is 0 Å². The Bertz CT molecular complexity index is 251. The standard InChI is InChI=1S/6Al.6FO3Si/c;;;;;;6*1-5(2,3)4/q6*+3;6*-3. The van der Waals surface area contributed by atoms with Crippen LogP contribution in [-0.4, -0.2) is 159 Å². The summed E-state index contributed by atoms with van der Waals surface area (Å²) in [7, 11) is -35.2. The summed E-state index contributed by atoms with van der Waals surface area (Å²) in [6, 6.07) is 0. The third-order valence-corrected chi connectivity index (χ3v) is 0. The summed E-state index contributed by atoms with van der Waals surface area (Å²) in [5, 5.41) is 0. The molecule has 0 aromatic carbocycles. The Morgan fingerprint density at radius 3 is 0.194 bits per heavy atom. The second-order valence-corrected chi connectivity index (χ2v) is 8.67. The van der Waals surface area contributed by atoms with E-state index in [0.717, 1.165) is 0 Å². The van der Waals surface area contributed by atoms with E-state index in [9.17, 15) is 24.6 Å². The van der Waals surface area contributed by atoms with E-state index in [1.165, 1.54) is 0 Å². The fourth-order valence-electron chi connectivity index (χ4n) is 0. The molecule has 36 heteroatoms. The van der Waals surface area contributed by atoms with Crippen LogP contribution < -0.4 is 86.3 Å². The van der Waals surface area contributed by atoms with Crippen molar-refractivity contribution >= 4 is 159 Å². The monoisotopic (exact) mass is 732 g/mol. The molecule has 0 bridgehead atoms. The Kier molecular flexibility index (Phi) is 74.3. The van der Waals surface area contributed by atoms with Crippen LogP contribution in [0.15, 0.2) is 0 Å². The molecule has 36 heavy (non-hydrogen) atoms. The zero-order chi connectivity index (χ0) is 27.0.